The monoisotopic (exact) mass is 281 g/mol. The topological polar surface area (TPSA) is 107 Å². The predicted molar refractivity (Wildman–Crippen MR) is 63.3 cm³/mol. The summed E-state index contributed by atoms with van der Waals surface area (Å²) in [7, 11) is 1.61. The van der Waals surface area contributed by atoms with Crippen LogP contribution in [0.4, 0.5) is 10.1 Å². The summed E-state index contributed by atoms with van der Waals surface area (Å²) in [6.07, 6.45) is 2.72. The summed E-state index contributed by atoms with van der Waals surface area (Å²) in [6, 6.07) is 1.28. The highest BCUT2D eigenvalue weighted by molar-refractivity contribution is 5.92. The smallest absolute Gasteiger partial charge is 0.342 e. The molecule has 20 heavy (non-hydrogen) atoms. The van der Waals surface area contributed by atoms with E-state index in [0.29, 0.717) is 6.07 Å². The molecule has 1 aromatic carbocycles. The summed E-state index contributed by atoms with van der Waals surface area (Å²) in [6.45, 7) is 0. The Morgan fingerprint density at radius 1 is 1.55 bits per heavy atom. The molecule has 0 fully saturated rings. The minimum Gasteiger partial charge on any atom is -0.477 e. The molecule has 2 aromatic rings. The van der Waals surface area contributed by atoms with Gasteiger partial charge in [-0.05, 0) is 0 Å². The molecule has 0 amide bonds. The number of aromatic carboxylic acids is 1. The average molecular weight is 281 g/mol. The van der Waals surface area contributed by atoms with Gasteiger partial charge in [0.05, 0.1) is 23.4 Å². The van der Waals surface area contributed by atoms with E-state index in [1.54, 1.807) is 7.05 Å². The average Bonchev–Trinajstić information content (AvgIpc) is 2.76. The molecular weight excluding hydrogens is 273 g/mol. The van der Waals surface area contributed by atoms with Crippen LogP contribution in [0.25, 0.3) is 0 Å². The van der Waals surface area contributed by atoms with Crippen LogP contribution in [0.5, 0.6) is 11.5 Å². The van der Waals surface area contributed by atoms with Gasteiger partial charge in [-0.25, -0.2) is 9.18 Å². The van der Waals surface area contributed by atoms with Crippen molar-refractivity contribution in [3.05, 3.63) is 46.0 Å². The van der Waals surface area contributed by atoms with E-state index >= 15 is 0 Å². The molecule has 8 nitrogen and oxygen atoms in total. The highest BCUT2D eigenvalue weighted by atomic mass is 19.1. The molecule has 0 unspecified atom stereocenters. The second-order valence-corrected chi connectivity index (χ2v) is 3.81. The lowest BCUT2D eigenvalue weighted by Crippen LogP contribution is -2.04. The third-order valence-electron chi connectivity index (χ3n) is 2.39. The number of carboxylic acids is 1. The van der Waals surface area contributed by atoms with E-state index in [9.17, 15) is 19.3 Å². The molecule has 1 heterocycles. The van der Waals surface area contributed by atoms with Crippen molar-refractivity contribution < 1.29 is 24.0 Å². The predicted octanol–water partition coefficient (Wildman–Crippen LogP) is 1.96. The van der Waals surface area contributed by atoms with Gasteiger partial charge in [-0.1, -0.05) is 0 Å². The van der Waals surface area contributed by atoms with Crippen molar-refractivity contribution >= 4 is 11.7 Å². The van der Waals surface area contributed by atoms with E-state index in [4.69, 9.17) is 9.84 Å². The van der Waals surface area contributed by atoms with Crippen molar-refractivity contribution in [2.75, 3.05) is 0 Å². The summed E-state index contributed by atoms with van der Waals surface area (Å²) in [5.74, 6) is -2.84. The third kappa shape index (κ3) is 2.55. The van der Waals surface area contributed by atoms with Crippen molar-refractivity contribution in [1.82, 2.24) is 9.78 Å². The van der Waals surface area contributed by atoms with Gasteiger partial charge in [-0.2, -0.15) is 5.10 Å². The van der Waals surface area contributed by atoms with E-state index in [0.717, 1.165) is 6.07 Å². The number of benzene rings is 1. The van der Waals surface area contributed by atoms with E-state index in [2.05, 4.69) is 5.10 Å². The molecule has 0 aliphatic heterocycles. The van der Waals surface area contributed by atoms with Crippen LogP contribution in [0.15, 0.2) is 24.5 Å². The second-order valence-electron chi connectivity index (χ2n) is 3.81. The fourth-order valence-electron chi connectivity index (χ4n) is 1.52. The van der Waals surface area contributed by atoms with Gasteiger partial charge in [-0.3, -0.25) is 14.8 Å². The van der Waals surface area contributed by atoms with E-state index in [1.165, 1.54) is 17.1 Å². The van der Waals surface area contributed by atoms with Gasteiger partial charge in [0.15, 0.2) is 17.3 Å². The number of ether oxygens (including phenoxy) is 1. The van der Waals surface area contributed by atoms with Crippen LogP contribution in [-0.4, -0.2) is 25.8 Å². The molecule has 104 valence electrons. The van der Waals surface area contributed by atoms with Crippen LogP contribution >= 0.6 is 0 Å². The Balaban J connectivity index is 2.46. The van der Waals surface area contributed by atoms with Crippen LogP contribution in [0.3, 0.4) is 0 Å². The molecule has 2 rings (SSSR count). The SMILES string of the molecule is Cn1cc(Oc2cc(C(=O)O)c([N+](=O)[O-])cc2F)cn1. The van der Waals surface area contributed by atoms with Crippen LogP contribution in [0, 0.1) is 15.9 Å². The first kappa shape index (κ1) is 13.5. The van der Waals surface area contributed by atoms with Crippen molar-refractivity contribution in [1.29, 1.82) is 0 Å². The van der Waals surface area contributed by atoms with Crippen molar-refractivity contribution in [3.8, 4) is 11.5 Å². The van der Waals surface area contributed by atoms with Gasteiger partial charge < -0.3 is 9.84 Å². The molecule has 0 atom stereocenters. The lowest BCUT2D eigenvalue weighted by atomic mass is 10.1. The van der Waals surface area contributed by atoms with Crippen LogP contribution in [0.1, 0.15) is 10.4 Å². The first-order valence-corrected chi connectivity index (χ1v) is 5.26. The normalized spacial score (nSPS) is 10.3. The Labute approximate surface area is 111 Å². The van der Waals surface area contributed by atoms with Gasteiger partial charge in [0.1, 0.15) is 5.56 Å². The number of nitro benzene ring substituents is 1. The summed E-state index contributed by atoms with van der Waals surface area (Å²) in [5.41, 5.74) is -1.50. The number of hydrogen-bond acceptors (Lipinski definition) is 5. The molecule has 0 aliphatic rings. The molecule has 0 bridgehead atoms. The molecule has 0 aliphatic carbocycles. The third-order valence-corrected chi connectivity index (χ3v) is 2.39. The summed E-state index contributed by atoms with van der Waals surface area (Å²) in [4.78, 5) is 20.6. The molecule has 0 radical (unpaired) electrons. The Morgan fingerprint density at radius 2 is 2.25 bits per heavy atom. The molecular formula is C11H8FN3O5. The lowest BCUT2D eigenvalue weighted by Gasteiger charge is -2.06. The largest absolute Gasteiger partial charge is 0.477 e. The van der Waals surface area contributed by atoms with E-state index in [-0.39, 0.29) is 5.75 Å². The van der Waals surface area contributed by atoms with Crippen molar-refractivity contribution in [2.45, 2.75) is 0 Å². The Bertz CT molecular complexity index is 697. The van der Waals surface area contributed by atoms with E-state index < -0.39 is 33.7 Å². The number of halogens is 1. The number of aromatic nitrogens is 2. The maximum absolute atomic E-state index is 13.7. The Kier molecular flexibility index (Phi) is 3.34. The Morgan fingerprint density at radius 3 is 2.75 bits per heavy atom. The first-order valence-electron chi connectivity index (χ1n) is 5.26. The zero-order valence-electron chi connectivity index (χ0n) is 10.1. The number of rotatable bonds is 4. The lowest BCUT2D eigenvalue weighted by molar-refractivity contribution is -0.385. The van der Waals surface area contributed by atoms with Gasteiger partial charge in [0.25, 0.3) is 5.69 Å². The quantitative estimate of drug-likeness (QED) is 0.678. The number of nitrogens with zero attached hydrogens (tertiary/aromatic N) is 3. The Hall–Kier alpha value is -2.97. The fourth-order valence-corrected chi connectivity index (χ4v) is 1.52. The fraction of sp³-hybridized carbons (Fsp3) is 0.0909. The number of nitro groups is 1. The molecule has 0 saturated heterocycles. The zero-order valence-corrected chi connectivity index (χ0v) is 10.1. The zero-order chi connectivity index (χ0) is 14.9. The standard InChI is InChI=1S/C11H8FN3O5/c1-14-5-6(4-13-14)20-10-2-7(11(16)17)9(15(18)19)3-8(10)12/h2-5H,1H3,(H,16,17). The van der Waals surface area contributed by atoms with Gasteiger partial charge in [-0.15, -0.1) is 0 Å². The number of hydrogen-bond donors (Lipinski definition) is 1. The highest BCUT2D eigenvalue weighted by Gasteiger charge is 2.24. The highest BCUT2D eigenvalue weighted by Crippen LogP contribution is 2.30. The van der Waals surface area contributed by atoms with Crippen LogP contribution < -0.4 is 4.74 Å². The molecule has 9 heteroatoms. The maximum Gasteiger partial charge on any atom is 0.342 e. The van der Waals surface area contributed by atoms with E-state index in [1.807, 2.05) is 0 Å². The summed E-state index contributed by atoms with van der Waals surface area (Å²) in [5, 5.41) is 23.4. The van der Waals surface area contributed by atoms with Crippen molar-refractivity contribution in [2.24, 2.45) is 7.05 Å². The minimum absolute atomic E-state index is 0.177. The maximum atomic E-state index is 13.7. The van der Waals surface area contributed by atoms with Gasteiger partial charge >= 0.3 is 5.97 Å². The summed E-state index contributed by atoms with van der Waals surface area (Å²) < 4.78 is 20.2. The first-order chi connectivity index (χ1) is 9.38. The van der Waals surface area contributed by atoms with Crippen molar-refractivity contribution in [3.63, 3.8) is 0 Å². The number of aryl methyl sites for hydroxylation is 1. The number of carboxylic acid groups (broad SMARTS) is 1. The molecule has 1 N–H and O–H groups in total. The summed E-state index contributed by atoms with van der Waals surface area (Å²) >= 11 is 0. The van der Waals surface area contributed by atoms with Gasteiger partial charge in [0.2, 0.25) is 0 Å². The minimum atomic E-state index is -1.55. The van der Waals surface area contributed by atoms with Crippen LogP contribution in [0.2, 0.25) is 0 Å². The number of carbonyl (C=O) groups is 1. The van der Waals surface area contributed by atoms with Crippen LogP contribution in [-0.2, 0) is 7.05 Å². The molecule has 0 saturated carbocycles. The second kappa shape index (κ2) is 4.96. The molecule has 1 aromatic heterocycles. The molecule has 0 spiro atoms. The van der Waals surface area contributed by atoms with Gasteiger partial charge in [0, 0.05) is 13.1 Å².